The van der Waals surface area contributed by atoms with Crippen molar-refractivity contribution in [1.82, 2.24) is 0 Å². The molecule has 0 saturated heterocycles. The van der Waals surface area contributed by atoms with Crippen LogP contribution in [0.1, 0.15) is 19.8 Å². The molecule has 0 aliphatic rings. The van der Waals surface area contributed by atoms with Crippen molar-refractivity contribution in [3.8, 4) is 0 Å². The molecule has 0 nitrogen and oxygen atoms in total. The minimum absolute atomic E-state index is 1.10. The zero-order valence-electron chi connectivity index (χ0n) is 4.85. The highest BCUT2D eigenvalue weighted by atomic mass is 13.7. The van der Waals surface area contributed by atoms with Gasteiger partial charge in [-0.3, -0.25) is 0 Å². The van der Waals surface area contributed by atoms with Crippen molar-refractivity contribution in [2.24, 2.45) is 0 Å². The summed E-state index contributed by atoms with van der Waals surface area (Å²) in [5, 5.41) is 0. The van der Waals surface area contributed by atoms with Crippen LogP contribution in [0, 0.1) is 0 Å². The topological polar surface area (TPSA) is 0 Å². The summed E-state index contributed by atoms with van der Waals surface area (Å²) in [6.45, 7) is 5.63. The highest BCUT2D eigenvalue weighted by Crippen LogP contribution is 1.88. The Kier molecular flexibility index (Phi) is 5.07. The molecule has 40 valence electrons. The van der Waals surface area contributed by atoms with E-state index in [1.165, 1.54) is 0 Å². The molecule has 0 bridgehead atoms. The second-order valence-corrected chi connectivity index (χ2v) is 1.44. The normalized spacial score (nSPS) is 9.86. The highest BCUT2D eigenvalue weighted by Gasteiger charge is 1.68. The van der Waals surface area contributed by atoms with Gasteiger partial charge in [0, 0.05) is 0 Å². The fourth-order valence-corrected chi connectivity index (χ4v) is 0.381. The monoisotopic (exact) mass is 96.1 g/mol. The summed E-state index contributed by atoms with van der Waals surface area (Å²) in [7, 11) is 0. The van der Waals surface area contributed by atoms with Crippen LogP contribution in [0.5, 0.6) is 0 Å². The van der Waals surface area contributed by atoms with Crippen LogP contribution in [-0.2, 0) is 0 Å². The molecule has 7 heavy (non-hydrogen) atoms. The maximum atomic E-state index is 3.60. The molecule has 0 rings (SSSR count). The lowest BCUT2D eigenvalue weighted by Crippen LogP contribution is -1.58. The molecule has 0 aromatic heterocycles. The van der Waals surface area contributed by atoms with Gasteiger partial charge in [0.2, 0.25) is 0 Å². The number of rotatable bonds is 3. The summed E-state index contributed by atoms with van der Waals surface area (Å²) in [6.07, 6.45) is 8.37. The minimum Gasteiger partial charge on any atom is -0.103 e. The van der Waals surface area contributed by atoms with Crippen LogP contribution < -0.4 is 0 Å². The Morgan fingerprint density at radius 3 is 2.57 bits per heavy atom. The number of hydrogen-bond donors (Lipinski definition) is 0. The molecule has 0 amide bonds. The molecule has 0 aromatic carbocycles. The Morgan fingerprint density at radius 2 is 2.14 bits per heavy atom. The van der Waals surface area contributed by atoms with Crippen LogP contribution in [0.25, 0.3) is 0 Å². The maximum absolute atomic E-state index is 3.60. The van der Waals surface area contributed by atoms with Crippen LogP contribution in [-0.4, -0.2) is 0 Å². The van der Waals surface area contributed by atoms with Crippen LogP contribution >= 0.6 is 0 Å². The summed E-state index contributed by atoms with van der Waals surface area (Å²) >= 11 is 0. The van der Waals surface area contributed by atoms with Crippen molar-refractivity contribution in [3.63, 3.8) is 0 Å². The Bertz CT molecular complexity index is 60.4. The molecule has 0 heteroatoms. The molecule has 0 N–H and O–H groups in total. The second kappa shape index (κ2) is 5.48. The largest absolute Gasteiger partial charge is 0.103 e. The average molecular weight is 96.2 g/mol. The standard InChI is InChI=1S/C7H12/c1-3-5-7-6-4-2/h3-4,6H,1,5,7H2,2H3. The predicted octanol–water partition coefficient (Wildman–Crippen LogP) is 2.53. The number of hydrogen-bond acceptors (Lipinski definition) is 0. The first-order valence-electron chi connectivity index (χ1n) is 2.64. The molecule has 0 spiro atoms. The first-order chi connectivity index (χ1) is 3.41. The quantitative estimate of drug-likeness (QED) is 0.374. The van der Waals surface area contributed by atoms with Crippen LogP contribution in [0.3, 0.4) is 0 Å². The van der Waals surface area contributed by atoms with E-state index < -0.39 is 0 Å². The summed E-state index contributed by atoms with van der Waals surface area (Å²) in [4.78, 5) is 0. The third-order valence-electron chi connectivity index (χ3n) is 0.773. The van der Waals surface area contributed by atoms with E-state index in [-0.39, 0.29) is 0 Å². The Hall–Kier alpha value is -0.520. The molecular formula is C7H12. The third kappa shape index (κ3) is 5.48. The SMILES string of the molecule is C=CCCC=CC. The first kappa shape index (κ1) is 6.48. The molecule has 0 aliphatic carbocycles. The van der Waals surface area contributed by atoms with Crippen molar-refractivity contribution in [1.29, 1.82) is 0 Å². The van der Waals surface area contributed by atoms with Crippen LogP contribution in [0.2, 0.25) is 0 Å². The fraction of sp³-hybridized carbons (Fsp3) is 0.429. The molecule has 0 heterocycles. The summed E-state index contributed by atoms with van der Waals surface area (Å²) < 4.78 is 0. The van der Waals surface area contributed by atoms with E-state index in [4.69, 9.17) is 0 Å². The molecule has 0 fully saturated rings. The summed E-state index contributed by atoms with van der Waals surface area (Å²) in [6, 6.07) is 0. The van der Waals surface area contributed by atoms with Gasteiger partial charge in [-0.15, -0.1) is 6.58 Å². The fourth-order valence-electron chi connectivity index (χ4n) is 0.381. The molecule has 0 unspecified atom stereocenters. The maximum Gasteiger partial charge on any atom is -0.0316 e. The molecule has 0 atom stereocenters. The lowest BCUT2D eigenvalue weighted by molar-refractivity contribution is 1.05. The number of unbranched alkanes of at least 4 members (excludes halogenated alkanes) is 1. The molecule has 0 aromatic rings. The zero-order chi connectivity index (χ0) is 5.54. The lowest BCUT2D eigenvalue weighted by Gasteiger charge is -1.79. The number of allylic oxidation sites excluding steroid dienone is 3. The predicted molar refractivity (Wildman–Crippen MR) is 34.2 cm³/mol. The van der Waals surface area contributed by atoms with Crippen molar-refractivity contribution >= 4 is 0 Å². The van der Waals surface area contributed by atoms with E-state index in [2.05, 4.69) is 18.7 Å². The van der Waals surface area contributed by atoms with Gasteiger partial charge in [0.25, 0.3) is 0 Å². The molecule has 0 radical (unpaired) electrons. The van der Waals surface area contributed by atoms with Gasteiger partial charge in [0.15, 0.2) is 0 Å². The first-order valence-corrected chi connectivity index (χ1v) is 2.64. The van der Waals surface area contributed by atoms with Crippen LogP contribution in [0.15, 0.2) is 24.8 Å². The van der Waals surface area contributed by atoms with E-state index >= 15 is 0 Å². The van der Waals surface area contributed by atoms with E-state index in [1.807, 2.05) is 13.0 Å². The van der Waals surface area contributed by atoms with Crippen molar-refractivity contribution in [2.45, 2.75) is 19.8 Å². The summed E-state index contributed by atoms with van der Waals surface area (Å²) in [5.74, 6) is 0. The Morgan fingerprint density at radius 1 is 1.43 bits per heavy atom. The van der Waals surface area contributed by atoms with E-state index in [0.717, 1.165) is 12.8 Å². The minimum atomic E-state index is 1.10. The molecular weight excluding hydrogens is 84.1 g/mol. The van der Waals surface area contributed by atoms with Gasteiger partial charge in [-0.2, -0.15) is 0 Å². The van der Waals surface area contributed by atoms with Crippen molar-refractivity contribution in [3.05, 3.63) is 24.8 Å². The molecule has 0 aliphatic heterocycles. The van der Waals surface area contributed by atoms with E-state index in [1.54, 1.807) is 0 Å². The van der Waals surface area contributed by atoms with E-state index in [9.17, 15) is 0 Å². The lowest BCUT2D eigenvalue weighted by atomic mass is 10.3. The summed E-state index contributed by atoms with van der Waals surface area (Å²) in [5.41, 5.74) is 0. The van der Waals surface area contributed by atoms with Gasteiger partial charge in [0.05, 0.1) is 0 Å². The van der Waals surface area contributed by atoms with Crippen LogP contribution in [0.4, 0.5) is 0 Å². The van der Waals surface area contributed by atoms with Gasteiger partial charge in [-0.05, 0) is 19.8 Å². The highest BCUT2D eigenvalue weighted by molar-refractivity contribution is 4.80. The zero-order valence-corrected chi connectivity index (χ0v) is 4.85. The smallest absolute Gasteiger partial charge is 0.0316 e. The van der Waals surface area contributed by atoms with Gasteiger partial charge < -0.3 is 0 Å². The Balaban J connectivity index is 2.82. The van der Waals surface area contributed by atoms with Gasteiger partial charge in [-0.25, -0.2) is 0 Å². The van der Waals surface area contributed by atoms with Gasteiger partial charge in [-0.1, -0.05) is 18.2 Å². The van der Waals surface area contributed by atoms with Gasteiger partial charge in [0.1, 0.15) is 0 Å². The molecule has 0 saturated carbocycles. The van der Waals surface area contributed by atoms with Crippen molar-refractivity contribution in [2.75, 3.05) is 0 Å². The second-order valence-electron chi connectivity index (χ2n) is 1.44. The van der Waals surface area contributed by atoms with Gasteiger partial charge >= 0.3 is 0 Å². The average Bonchev–Trinajstić information content (AvgIpc) is 1.69. The third-order valence-corrected chi connectivity index (χ3v) is 0.773. The Labute approximate surface area is 45.5 Å². The van der Waals surface area contributed by atoms with Crippen molar-refractivity contribution < 1.29 is 0 Å². The van der Waals surface area contributed by atoms with E-state index in [0.29, 0.717) is 0 Å².